The molecule has 0 saturated carbocycles. The van der Waals surface area contributed by atoms with Crippen LogP contribution in [0.3, 0.4) is 0 Å². The third-order valence-electron chi connectivity index (χ3n) is 1.90. The van der Waals surface area contributed by atoms with E-state index in [1.807, 2.05) is 27.7 Å². The van der Waals surface area contributed by atoms with Gasteiger partial charge < -0.3 is 9.64 Å². The van der Waals surface area contributed by atoms with Crippen LogP contribution in [-0.2, 0) is 4.74 Å². The Bertz CT molecular complexity index is 241. The number of carbonyl (C=O) groups excluding carboxylic acids is 1. The van der Waals surface area contributed by atoms with E-state index in [-0.39, 0.29) is 6.09 Å². The minimum atomic E-state index is -0.431. The van der Waals surface area contributed by atoms with Gasteiger partial charge in [0.1, 0.15) is 5.60 Å². The van der Waals surface area contributed by atoms with Gasteiger partial charge in [0.25, 0.3) is 0 Å². The number of rotatable bonds is 3. The largest absolute Gasteiger partial charge is 0.444 e. The standard InChI is InChI=1S/C11H22N2O2/c1-9(12-5)7-8-13(6)10(14)15-11(2,3)4/h7-8H2,1-6H3/b12-9+. The fourth-order valence-electron chi connectivity index (χ4n) is 0.872. The molecule has 0 rings (SSSR count). The first-order valence-electron chi connectivity index (χ1n) is 5.12. The van der Waals surface area contributed by atoms with Crippen molar-refractivity contribution in [1.82, 2.24) is 4.90 Å². The van der Waals surface area contributed by atoms with Crippen LogP contribution >= 0.6 is 0 Å². The highest BCUT2D eigenvalue weighted by Gasteiger charge is 2.19. The highest BCUT2D eigenvalue weighted by Crippen LogP contribution is 2.09. The minimum Gasteiger partial charge on any atom is -0.444 e. The van der Waals surface area contributed by atoms with Gasteiger partial charge in [-0.05, 0) is 27.7 Å². The summed E-state index contributed by atoms with van der Waals surface area (Å²) in [7, 11) is 3.49. The second-order valence-corrected chi connectivity index (χ2v) is 4.61. The van der Waals surface area contributed by atoms with E-state index in [2.05, 4.69) is 4.99 Å². The maximum atomic E-state index is 11.5. The van der Waals surface area contributed by atoms with Gasteiger partial charge >= 0.3 is 6.09 Å². The third kappa shape index (κ3) is 6.94. The van der Waals surface area contributed by atoms with Crippen molar-refractivity contribution in [1.29, 1.82) is 0 Å². The molecule has 0 saturated heterocycles. The summed E-state index contributed by atoms with van der Waals surface area (Å²) >= 11 is 0. The van der Waals surface area contributed by atoms with Crippen molar-refractivity contribution in [2.24, 2.45) is 4.99 Å². The van der Waals surface area contributed by atoms with Crippen LogP contribution in [0, 0.1) is 0 Å². The molecular weight excluding hydrogens is 192 g/mol. The molecule has 0 radical (unpaired) electrons. The van der Waals surface area contributed by atoms with Gasteiger partial charge in [0.15, 0.2) is 0 Å². The molecule has 0 aromatic rings. The zero-order chi connectivity index (χ0) is 12.1. The normalized spacial score (nSPS) is 12.5. The molecule has 0 unspecified atom stereocenters. The summed E-state index contributed by atoms with van der Waals surface area (Å²) in [6, 6.07) is 0. The van der Waals surface area contributed by atoms with Crippen LogP contribution in [-0.4, -0.2) is 42.9 Å². The molecule has 0 N–H and O–H groups in total. The lowest BCUT2D eigenvalue weighted by Gasteiger charge is -2.24. The molecular formula is C11H22N2O2. The molecule has 0 bridgehead atoms. The molecule has 88 valence electrons. The Kier molecular flexibility index (Phi) is 5.33. The van der Waals surface area contributed by atoms with E-state index in [1.54, 1.807) is 19.0 Å². The number of nitrogens with zero attached hydrogens (tertiary/aromatic N) is 2. The van der Waals surface area contributed by atoms with Crippen LogP contribution < -0.4 is 0 Å². The Labute approximate surface area is 92.3 Å². The van der Waals surface area contributed by atoms with Crippen LogP contribution in [0.15, 0.2) is 4.99 Å². The minimum absolute atomic E-state index is 0.286. The summed E-state index contributed by atoms with van der Waals surface area (Å²) in [5.41, 5.74) is 0.601. The molecule has 0 aromatic carbocycles. The van der Waals surface area contributed by atoms with Gasteiger partial charge in [-0.2, -0.15) is 0 Å². The predicted molar refractivity (Wildman–Crippen MR) is 62.5 cm³/mol. The number of ether oxygens (including phenoxy) is 1. The molecule has 0 fully saturated rings. The van der Waals surface area contributed by atoms with Gasteiger partial charge in [-0.3, -0.25) is 4.99 Å². The predicted octanol–water partition coefficient (Wildman–Crippen LogP) is 2.33. The number of hydrogen-bond acceptors (Lipinski definition) is 3. The second kappa shape index (κ2) is 5.73. The summed E-state index contributed by atoms with van der Waals surface area (Å²) in [4.78, 5) is 17.1. The maximum Gasteiger partial charge on any atom is 0.410 e. The first-order valence-corrected chi connectivity index (χ1v) is 5.12. The summed E-state index contributed by atoms with van der Waals surface area (Å²) in [5.74, 6) is 0. The fourth-order valence-corrected chi connectivity index (χ4v) is 0.872. The van der Waals surface area contributed by atoms with Crippen LogP contribution in [0.5, 0.6) is 0 Å². The van der Waals surface area contributed by atoms with Crippen molar-refractivity contribution < 1.29 is 9.53 Å². The van der Waals surface area contributed by atoms with Crippen molar-refractivity contribution in [3.8, 4) is 0 Å². The Morgan fingerprint density at radius 1 is 1.40 bits per heavy atom. The first-order chi connectivity index (χ1) is 6.76. The number of aliphatic imine (C=N–C) groups is 1. The fraction of sp³-hybridized carbons (Fsp3) is 0.818. The number of amides is 1. The zero-order valence-corrected chi connectivity index (χ0v) is 10.6. The van der Waals surface area contributed by atoms with E-state index in [1.165, 1.54) is 0 Å². The Morgan fingerprint density at radius 2 is 1.93 bits per heavy atom. The molecule has 0 aliphatic carbocycles. The molecule has 0 heterocycles. The van der Waals surface area contributed by atoms with E-state index in [0.29, 0.717) is 6.54 Å². The molecule has 1 amide bonds. The molecule has 0 aliphatic rings. The van der Waals surface area contributed by atoms with Gasteiger partial charge in [0, 0.05) is 32.8 Å². The highest BCUT2D eigenvalue weighted by atomic mass is 16.6. The monoisotopic (exact) mass is 214 g/mol. The van der Waals surface area contributed by atoms with Gasteiger partial charge in [-0.25, -0.2) is 4.79 Å². The van der Waals surface area contributed by atoms with E-state index < -0.39 is 5.60 Å². The molecule has 0 spiro atoms. The Balaban J connectivity index is 4.01. The highest BCUT2D eigenvalue weighted by molar-refractivity contribution is 5.82. The summed E-state index contributed by atoms with van der Waals surface area (Å²) < 4.78 is 5.21. The van der Waals surface area contributed by atoms with Gasteiger partial charge in [-0.15, -0.1) is 0 Å². The zero-order valence-electron chi connectivity index (χ0n) is 10.6. The molecule has 15 heavy (non-hydrogen) atoms. The van der Waals surface area contributed by atoms with Crippen LogP contribution in [0.2, 0.25) is 0 Å². The Morgan fingerprint density at radius 3 is 2.33 bits per heavy atom. The summed E-state index contributed by atoms with van der Waals surface area (Å²) in [6.45, 7) is 8.16. The van der Waals surface area contributed by atoms with Gasteiger partial charge in [0.05, 0.1) is 0 Å². The molecule has 0 atom stereocenters. The van der Waals surface area contributed by atoms with Crippen molar-refractivity contribution in [3.05, 3.63) is 0 Å². The molecule has 0 aliphatic heterocycles. The van der Waals surface area contributed by atoms with Gasteiger partial charge in [-0.1, -0.05) is 0 Å². The van der Waals surface area contributed by atoms with Crippen LogP contribution in [0.4, 0.5) is 4.79 Å². The van der Waals surface area contributed by atoms with Crippen molar-refractivity contribution >= 4 is 11.8 Å². The maximum absolute atomic E-state index is 11.5. The summed E-state index contributed by atoms with van der Waals surface area (Å²) in [5, 5.41) is 0. The average molecular weight is 214 g/mol. The lowest BCUT2D eigenvalue weighted by molar-refractivity contribution is 0.0303. The number of carbonyl (C=O) groups is 1. The second-order valence-electron chi connectivity index (χ2n) is 4.61. The molecule has 4 heteroatoms. The molecule has 4 nitrogen and oxygen atoms in total. The number of hydrogen-bond donors (Lipinski definition) is 0. The lowest BCUT2D eigenvalue weighted by Crippen LogP contribution is -2.35. The quantitative estimate of drug-likeness (QED) is 0.677. The van der Waals surface area contributed by atoms with E-state index in [0.717, 1.165) is 12.1 Å². The van der Waals surface area contributed by atoms with Crippen molar-refractivity contribution in [2.75, 3.05) is 20.6 Å². The SMILES string of the molecule is C/N=C(\C)CCN(C)C(=O)OC(C)(C)C. The van der Waals surface area contributed by atoms with E-state index in [4.69, 9.17) is 4.74 Å². The first kappa shape index (κ1) is 13.9. The van der Waals surface area contributed by atoms with E-state index >= 15 is 0 Å². The van der Waals surface area contributed by atoms with Crippen molar-refractivity contribution in [3.63, 3.8) is 0 Å². The lowest BCUT2D eigenvalue weighted by atomic mass is 10.2. The summed E-state index contributed by atoms with van der Waals surface area (Å²) in [6.07, 6.45) is 0.498. The van der Waals surface area contributed by atoms with Crippen LogP contribution in [0.1, 0.15) is 34.1 Å². The molecule has 0 aromatic heterocycles. The third-order valence-corrected chi connectivity index (χ3v) is 1.90. The smallest absolute Gasteiger partial charge is 0.410 e. The average Bonchev–Trinajstić information content (AvgIpc) is 2.10. The topological polar surface area (TPSA) is 41.9 Å². The van der Waals surface area contributed by atoms with Crippen molar-refractivity contribution in [2.45, 2.75) is 39.7 Å². The van der Waals surface area contributed by atoms with Gasteiger partial charge in [0.2, 0.25) is 0 Å². The van der Waals surface area contributed by atoms with E-state index in [9.17, 15) is 4.79 Å². The van der Waals surface area contributed by atoms with Crippen LogP contribution in [0.25, 0.3) is 0 Å². The Hall–Kier alpha value is -1.06.